The van der Waals surface area contributed by atoms with Crippen LogP contribution in [0, 0.1) is 0 Å². The number of hydrogen-bond acceptors (Lipinski definition) is 4. The van der Waals surface area contributed by atoms with Crippen LogP contribution < -0.4 is 5.73 Å². The molecule has 21 heavy (non-hydrogen) atoms. The molecule has 1 aliphatic carbocycles. The van der Waals surface area contributed by atoms with Gasteiger partial charge in [-0.15, -0.1) is 0 Å². The van der Waals surface area contributed by atoms with E-state index in [9.17, 15) is 5.11 Å². The Morgan fingerprint density at radius 1 is 1.29 bits per heavy atom. The number of nitrogens with two attached hydrogens (primary N) is 1. The van der Waals surface area contributed by atoms with E-state index < -0.39 is 0 Å². The molecule has 1 aromatic heterocycles. The average molecular weight is 291 g/mol. The summed E-state index contributed by atoms with van der Waals surface area (Å²) in [5.41, 5.74) is 7.66. The van der Waals surface area contributed by atoms with Crippen LogP contribution in [0.3, 0.4) is 0 Å². The molecule has 118 valence electrons. The summed E-state index contributed by atoms with van der Waals surface area (Å²) in [6.45, 7) is 3.02. The first-order chi connectivity index (χ1) is 10.3. The fourth-order valence-corrected chi connectivity index (χ4v) is 3.55. The third-order valence-corrected chi connectivity index (χ3v) is 4.68. The quantitative estimate of drug-likeness (QED) is 0.810. The van der Waals surface area contributed by atoms with Gasteiger partial charge in [0.2, 0.25) is 0 Å². The Balaban J connectivity index is 2.25. The van der Waals surface area contributed by atoms with Gasteiger partial charge in [0, 0.05) is 31.0 Å². The summed E-state index contributed by atoms with van der Waals surface area (Å²) >= 11 is 0. The Kier molecular flexibility index (Phi) is 6.61. The minimum Gasteiger partial charge on any atom is -0.395 e. The van der Waals surface area contributed by atoms with Crippen molar-refractivity contribution in [3.8, 4) is 0 Å². The zero-order chi connectivity index (χ0) is 15.1. The van der Waals surface area contributed by atoms with E-state index in [1.165, 1.54) is 37.7 Å². The molecule has 0 saturated heterocycles. The third kappa shape index (κ3) is 4.25. The number of hydrogen-bond donors (Lipinski definition) is 2. The molecule has 2 unspecified atom stereocenters. The molecular weight excluding hydrogens is 262 g/mol. The Labute approximate surface area is 128 Å². The first-order valence-corrected chi connectivity index (χ1v) is 8.30. The predicted molar refractivity (Wildman–Crippen MR) is 85.9 cm³/mol. The van der Waals surface area contributed by atoms with Crippen LogP contribution in [0.4, 0.5) is 0 Å². The van der Waals surface area contributed by atoms with Crippen LogP contribution in [0.5, 0.6) is 0 Å². The first kappa shape index (κ1) is 16.4. The molecule has 4 heteroatoms. The van der Waals surface area contributed by atoms with Gasteiger partial charge in [-0.25, -0.2) is 0 Å². The number of aliphatic hydroxyl groups is 1. The van der Waals surface area contributed by atoms with Gasteiger partial charge in [0.05, 0.1) is 12.6 Å². The summed E-state index contributed by atoms with van der Waals surface area (Å²) < 4.78 is 0. The number of pyridine rings is 1. The van der Waals surface area contributed by atoms with E-state index in [2.05, 4.69) is 28.9 Å². The highest BCUT2D eigenvalue weighted by Gasteiger charge is 2.31. The normalized spacial score (nSPS) is 19.6. The summed E-state index contributed by atoms with van der Waals surface area (Å²) in [6.07, 6.45) is 11.0. The SMILES string of the molecule is CCC(N)C(c1ccncc1)N(CCO)C1CCCCC1. The lowest BCUT2D eigenvalue weighted by molar-refractivity contribution is 0.0665. The first-order valence-electron chi connectivity index (χ1n) is 8.30. The number of nitrogens with zero attached hydrogens (tertiary/aromatic N) is 2. The molecule has 0 radical (unpaired) electrons. The van der Waals surface area contributed by atoms with Crippen molar-refractivity contribution in [2.75, 3.05) is 13.2 Å². The van der Waals surface area contributed by atoms with Crippen LogP contribution in [-0.4, -0.2) is 40.2 Å². The lowest BCUT2D eigenvalue weighted by atomic mass is 9.89. The van der Waals surface area contributed by atoms with Crippen molar-refractivity contribution < 1.29 is 5.11 Å². The van der Waals surface area contributed by atoms with Crippen molar-refractivity contribution in [2.45, 2.75) is 63.6 Å². The van der Waals surface area contributed by atoms with Crippen molar-refractivity contribution in [1.82, 2.24) is 9.88 Å². The molecule has 1 aliphatic rings. The number of aliphatic hydroxyl groups excluding tert-OH is 1. The fraction of sp³-hybridized carbons (Fsp3) is 0.706. The Hall–Kier alpha value is -0.970. The van der Waals surface area contributed by atoms with E-state index in [1.807, 2.05) is 12.4 Å². The zero-order valence-corrected chi connectivity index (χ0v) is 13.1. The van der Waals surface area contributed by atoms with Gasteiger partial charge >= 0.3 is 0 Å². The van der Waals surface area contributed by atoms with Gasteiger partial charge in [0.15, 0.2) is 0 Å². The predicted octanol–water partition coefficient (Wildman–Crippen LogP) is 2.49. The molecule has 1 saturated carbocycles. The smallest absolute Gasteiger partial charge is 0.0558 e. The van der Waals surface area contributed by atoms with Crippen LogP contribution in [0.1, 0.15) is 57.1 Å². The summed E-state index contributed by atoms with van der Waals surface area (Å²) in [6, 6.07) is 4.93. The van der Waals surface area contributed by atoms with Crippen molar-refractivity contribution in [2.24, 2.45) is 5.73 Å². The standard InChI is InChI=1S/C17H29N3O/c1-2-16(18)17(14-8-10-19-11-9-14)20(12-13-21)15-6-4-3-5-7-15/h8-11,15-17,21H,2-7,12-13,18H2,1H3. The molecule has 0 spiro atoms. The van der Waals surface area contributed by atoms with Crippen molar-refractivity contribution in [3.63, 3.8) is 0 Å². The van der Waals surface area contributed by atoms with Gasteiger partial charge in [-0.05, 0) is 37.0 Å². The Morgan fingerprint density at radius 3 is 2.52 bits per heavy atom. The summed E-state index contributed by atoms with van der Waals surface area (Å²) in [5.74, 6) is 0. The molecule has 3 N–H and O–H groups in total. The van der Waals surface area contributed by atoms with Crippen LogP contribution in [0.15, 0.2) is 24.5 Å². The summed E-state index contributed by atoms with van der Waals surface area (Å²) in [7, 11) is 0. The largest absolute Gasteiger partial charge is 0.395 e. The molecule has 0 amide bonds. The molecule has 0 bridgehead atoms. The number of aromatic nitrogens is 1. The third-order valence-electron chi connectivity index (χ3n) is 4.68. The van der Waals surface area contributed by atoms with E-state index in [1.54, 1.807) is 0 Å². The lowest BCUT2D eigenvalue weighted by Crippen LogP contribution is -2.48. The van der Waals surface area contributed by atoms with E-state index in [-0.39, 0.29) is 18.7 Å². The maximum absolute atomic E-state index is 9.52. The topological polar surface area (TPSA) is 62.4 Å². The minimum atomic E-state index is 0.0841. The van der Waals surface area contributed by atoms with Gasteiger partial charge in [-0.3, -0.25) is 9.88 Å². The fourth-order valence-electron chi connectivity index (χ4n) is 3.55. The Bertz CT molecular complexity index is 392. The maximum atomic E-state index is 9.52. The van der Waals surface area contributed by atoms with Gasteiger partial charge in [0.25, 0.3) is 0 Å². The van der Waals surface area contributed by atoms with E-state index in [0.29, 0.717) is 12.6 Å². The molecule has 1 aromatic rings. The van der Waals surface area contributed by atoms with Gasteiger partial charge in [-0.2, -0.15) is 0 Å². The number of rotatable bonds is 7. The highest BCUT2D eigenvalue weighted by atomic mass is 16.3. The Morgan fingerprint density at radius 2 is 1.95 bits per heavy atom. The van der Waals surface area contributed by atoms with Gasteiger partial charge in [-0.1, -0.05) is 26.2 Å². The van der Waals surface area contributed by atoms with Crippen molar-refractivity contribution >= 4 is 0 Å². The minimum absolute atomic E-state index is 0.0841. The molecule has 4 nitrogen and oxygen atoms in total. The van der Waals surface area contributed by atoms with E-state index in [0.717, 1.165) is 6.42 Å². The van der Waals surface area contributed by atoms with Crippen LogP contribution in [-0.2, 0) is 0 Å². The monoisotopic (exact) mass is 291 g/mol. The van der Waals surface area contributed by atoms with Gasteiger partial charge in [0.1, 0.15) is 0 Å². The second kappa shape index (κ2) is 8.47. The summed E-state index contributed by atoms with van der Waals surface area (Å²) in [4.78, 5) is 6.57. The molecule has 0 aromatic carbocycles. The van der Waals surface area contributed by atoms with Gasteiger partial charge < -0.3 is 10.8 Å². The lowest BCUT2D eigenvalue weighted by Gasteiger charge is -2.42. The molecule has 2 atom stereocenters. The van der Waals surface area contributed by atoms with Crippen molar-refractivity contribution in [3.05, 3.63) is 30.1 Å². The second-order valence-corrected chi connectivity index (χ2v) is 6.05. The molecule has 0 aliphatic heterocycles. The van der Waals surface area contributed by atoms with Crippen LogP contribution >= 0.6 is 0 Å². The van der Waals surface area contributed by atoms with E-state index >= 15 is 0 Å². The van der Waals surface area contributed by atoms with Crippen LogP contribution in [0.25, 0.3) is 0 Å². The van der Waals surface area contributed by atoms with Crippen LogP contribution in [0.2, 0.25) is 0 Å². The molecule has 2 rings (SSSR count). The average Bonchev–Trinajstić information content (AvgIpc) is 2.56. The van der Waals surface area contributed by atoms with E-state index in [4.69, 9.17) is 5.73 Å². The maximum Gasteiger partial charge on any atom is 0.0558 e. The summed E-state index contributed by atoms with van der Waals surface area (Å²) in [5, 5.41) is 9.52. The van der Waals surface area contributed by atoms with Crippen molar-refractivity contribution in [1.29, 1.82) is 0 Å². The molecule has 1 heterocycles. The molecular formula is C17H29N3O. The second-order valence-electron chi connectivity index (χ2n) is 6.05. The molecule has 1 fully saturated rings. The zero-order valence-electron chi connectivity index (χ0n) is 13.1. The highest BCUT2D eigenvalue weighted by molar-refractivity contribution is 5.18. The highest BCUT2D eigenvalue weighted by Crippen LogP contribution is 2.32.